The second-order valence-corrected chi connectivity index (χ2v) is 8.62. The molecule has 3 atom stereocenters. The lowest BCUT2D eigenvalue weighted by molar-refractivity contribution is -0.00122. The summed E-state index contributed by atoms with van der Waals surface area (Å²) in [5.74, 6) is 1.28. The molecule has 0 radical (unpaired) electrons. The van der Waals surface area contributed by atoms with Crippen molar-refractivity contribution in [3.8, 4) is 11.5 Å². The molecule has 2 aromatic rings. The quantitative estimate of drug-likeness (QED) is 0.431. The number of anilines is 2. The minimum atomic E-state index is -1.01. The highest BCUT2D eigenvalue weighted by molar-refractivity contribution is 5.79. The molecule has 31 heavy (non-hydrogen) atoms. The van der Waals surface area contributed by atoms with Crippen molar-refractivity contribution in [1.29, 1.82) is 0 Å². The zero-order valence-electron chi connectivity index (χ0n) is 17.7. The molecular weight excluding hydrogens is 398 g/mol. The van der Waals surface area contributed by atoms with Gasteiger partial charge in [-0.1, -0.05) is 29.4 Å². The lowest BCUT2D eigenvalue weighted by atomic mass is 9.94. The number of carbonyl (C=O) groups is 1. The molecule has 0 bridgehead atoms. The average molecular weight is 423 g/mol. The van der Waals surface area contributed by atoms with E-state index in [-0.39, 0.29) is 13.1 Å². The van der Waals surface area contributed by atoms with Crippen molar-refractivity contribution in [1.82, 2.24) is 4.90 Å². The maximum absolute atomic E-state index is 12.8. The highest BCUT2D eigenvalue weighted by atomic mass is 16.6. The van der Waals surface area contributed by atoms with Gasteiger partial charge >= 0.3 is 6.09 Å². The van der Waals surface area contributed by atoms with Gasteiger partial charge in [0.1, 0.15) is 5.60 Å². The number of likely N-dealkylation sites (tertiary alicyclic amines) is 1. The number of hydrogen-bond acceptors (Lipinski definition) is 6. The first-order valence-corrected chi connectivity index (χ1v) is 10.1. The fourth-order valence-corrected chi connectivity index (χ4v) is 3.97. The molecule has 9 nitrogen and oxygen atoms in total. The summed E-state index contributed by atoms with van der Waals surface area (Å²) >= 11 is 0. The number of amides is 1. The number of para-hydroxylation sites is 4. The molecule has 1 amide bonds. The Labute approximate surface area is 180 Å². The number of azide groups is 1. The zero-order chi connectivity index (χ0) is 22.2. The van der Waals surface area contributed by atoms with Crippen LogP contribution in [0.15, 0.2) is 53.6 Å². The van der Waals surface area contributed by atoms with Crippen LogP contribution in [0.5, 0.6) is 11.5 Å². The summed E-state index contributed by atoms with van der Waals surface area (Å²) < 4.78 is 11.6. The molecule has 2 heterocycles. The number of nitrogens with zero attached hydrogens (tertiary/aromatic N) is 5. The molecule has 4 rings (SSSR count). The third-order valence-electron chi connectivity index (χ3n) is 5.26. The van der Waals surface area contributed by atoms with Gasteiger partial charge in [0.05, 0.1) is 29.6 Å². The molecule has 1 unspecified atom stereocenters. The topological polar surface area (TPSA) is 111 Å². The van der Waals surface area contributed by atoms with Crippen LogP contribution in [-0.4, -0.2) is 53.0 Å². The smallest absolute Gasteiger partial charge is 0.410 e. The van der Waals surface area contributed by atoms with Gasteiger partial charge in [0.2, 0.25) is 0 Å². The largest absolute Gasteiger partial charge is 0.453 e. The van der Waals surface area contributed by atoms with Gasteiger partial charge in [0.15, 0.2) is 11.5 Å². The van der Waals surface area contributed by atoms with Gasteiger partial charge in [-0.3, -0.25) is 0 Å². The lowest BCUT2D eigenvalue weighted by Gasteiger charge is -2.47. The van der Waals surface area contributed by atoms with E-state index in [4.69, 9.17) is 15.0 Å². The lowest BCUT2D eigenvalue weighted by Crippen LogP contribution is -2.61. The zero-order valence-corrected chi connectivity index (χ0v) is 17.7. The number of hydrogen-bond donors (Lipinski definition) is 1. The summed E-state index contributed by atoms with van der Waals surface area (Å²) in [6, 6.07) is 13.6. The Hall–Kier alpha value is -3.42. The SMILES string of the molecule is CC(C)(C)OC(=O)N1CC(N2c3ccccc3Oc3ccccc32)[C@@H](O)[C@H](N=[N+]=[N-])C1. The van der Waals surface area contributed by atoms with Crippen molar-refractivity contribution in [2.45, 2.75) is 44.6 Å². The maximum atomic E-state index is 12.8. The average Bonchev–Trinajstić information content (AvgIpc) is 2.72. The summed E-state index contributed by atoms with van der Waals surface area (Å²) in [4.78, 5) is 19.2. The van der Waals surface area contributed by atoms with Gasteiger partial charge in [-0.2, -0.15) is 0 Å². The molecule has 0 saturated carbocycles. The molecule has 2 aliphatic heterocycles. The van der Waals surface area contributed by atoms with Crippen LogP contribution in [0.3, 0.4) is 0 Å². The van der Waals surface area contributed by atoms with E-state index >= 15 is 0 Å². The second kappa shape index (κ2) is 8.02. The molecule has 1 saturated heterocycles. The van der Waals surface area contributed by atoms with E-state index in [0.29, 0.717) is 11.5 Å². The van der Waals surface area contributed by atoms with Crippen molar-refractivity contribution in [3.05, 3.63) is 59.0 Å². The molecule has 1 N–H and O–H groups in total. The number of benzene rings is 2. The van der Waals surface area contributed by atoms with Crippen LogP contribution in [0.1, 0.15) is 20.8 Å². The Balaban J connectivity index is 1.76. The summed E-state index contributed by atoms with van der Waals surface area (Å²) in [5.41, 5.74) is 9.89. The predicted molar refractivity (Wildman–Crippen MR) is 116 cm³/mol. The number of piperidine rings is 1. The highest BCUT2D eigenvalue weighted by Crippen LogP contribution is 2.48. The van der Waals surface area contributed by atoms with Crippen molar-refractivity contribution in [2.75, 3.05) is 18.0 Å². The van der Waals surface area contributed by atoms with Crippen LogP contribution >= 0.6 is 0 Å². The Morgan fingerprint density at radius 1 is 1.13 bits per heavy atom. The van der Waals surface area contributed by atoms with E-state index in [2.05, 4.69) is 10.0 Å². The Morgan fingerprint density at radius 3 is 2.26 bits per heavy atom. The Bertz CT molecular complexity index is 985. The van der Waals surface area contributed by atoms with E-state index in [9.17, 15) is 9.90 Å². The van der Waals surface area contributed by atoms with Crippen LogP contribution < -0.4 is 9.64 Å². The normalized spacial score (nSPS) is 22.5. The molecule has 1 fully saturated rings. The maximum Gasteiger partial charge on any atom is 0.410 e. The highest BCUT2D eigenvalue weighted by Gasteiger charge is 2.44. The molecule has 0 aliphatic carbocycles. The molecular formula is C22H25N5O4. The second-order valence-electron chi connectivity index (χ2n) is 8.62. The van der Waals surface area contributed by atoms with E-state index in [1.165, 1.54) is 4.90 Å². The molecule has 2 aliphatic rings. The minimum Gasteiger partial charge on any atom is -0.453 e. The fraction of sp³-hybridized carbons (Fsp3) is 0.409. The Kier molecular flexibility index (Phi) is 5.39. The van der Waals surface area contributed by atoms with Crippen molar-refractivity contribution < 1.29 is 19.4 Å². The van der Waals surface area contributed by atoms with Crippen molar-refractivity contribution in [2.24, 2.45) is 5.11 Å². The van der Waals surface area contributed by atoms with Crippen molar-refractivity contribution in [3.63, 3.8) is 0 Å². The number of carbonyl (C=O) groups excluding carboxylic acids is 1. The molecule has 0 spiro atoms. The summed E-state index contributed by atoms with van der Waals surface area (Å²) in [7, 11) is 0. The first-order valence-electron chi connectivity index (χ1n) is 10.1. The van der Waals surface area contributed by atoms with Gasteiger partial charge < -0.3 is 24.4 Å². The van der Waals surface area contributed by atoms with Crippen LogP contribution in [0.25, 0.3) is 10.4 Å². The number of aliphatic hydroxyl groups excluding tert-OH is 1. The summed E-state index contributed by atoms with van der Waals surface area (Å²) in [6.45, 7) is 5.64. The monoisotopic (exact) mass is 423 g/mol. The first kappa shape index (κ1) is 20.8. The van der Waals surface area contributed by atoms with Gasteiger partial charge in [-0.05, 0) is 50.6 Å². The van der Waals surface area contributed by atoms with E-state index < -0.39 is 29.9 Å². The number of fused-ring (bicyclic) bond motifs is 2. The van der Waals surface area contributed by atoms with E-state index in [1.54, 1.807) is 20.8 Å². The minimum absolute atomic E-state index is 0.0737. The molecule has 2 aromatic carbocycles. The molecule has 9 heteroatoms. The van der Waals surface area contributed by atoms with Crippen molar-refractivity contribution >= 4 is 17.5 Å². The Morgan fingerprint density at radius 2 is 1.71 bits per heavy atom. The van der Waals surface area contributed by atoms with Gasteiger partial charge in [-0.25, -0.2) is 4.79 Å². The molecule has 0 aromatic heterocycles. The van der Waals surface area contributed by atoms with Gasteiger partial charge in [-0.15, -0.1) is 0 Å². The van der Waals surface area contributed by atoms with Gasteiger partial charge in [0.25, 0.3) is 0 Å². The summed E-state index contributed by atoms with van der Waals surface area (Å²) in [5, 5.41) is 14.9. The fourth-order valence-electron chi connectivity index (χ4n) is 3.97. The number of rotatable bonds is 2. The number of aliphatic hydroxyl groups is 1. The van der Waals surface area contributed by atoms with Crippen LogP contribution in [0.4, 0.5) is 16.2 Å². The van der Waals surface area contributed by atoms with E-state index in [1.807, 2.05) is 53.4 Å². The van der Waals surface area contributed by atoms with Crippen LogP contribution in [-0.2, 0) is 4.74 Å². The predicted octanol–water partition coefficient (Wildman–Crippen LogP) is 4.59. The standard InChI is InChI=1S/C22H25N5O4/c1-22(2,3)31-21(29)26-12-14(24-25-23)20(28)17(13-26)27-15-8-4-6-10-18(15)30-19-11-7-5-9-16(19)27/h4-11,14,17,20,28H,12-13H2,1-3H3/t14-,17?,20+/m1/s1. The van der Waals surface area contributed by atoms with Crippen LogP contribution in [0.2, 0.25) is 0 Å². The van der Waals surface area contributed by atoms with E-state index in [0.717, 1.165) is 11.4 Å². The summed E-state index contributed by atoms with van der Waals surface area (Å²) in [6.07, 6.45) is -1.52. The van der Waals surface area contributed by atoms with Gasteiger partial charge in [0, 0.05) is 18.0 Å². The number of ether oxygens (including phenoxy) is 2. The third-order valence-corrected chi connectivity index (χ3v) is 5.26. The van der Waals surface area contributed by atoms with Crippen LogP contribution in [0, 0.1) is 0 Å². The third kappa shape index (κ3) is 4.10. The first-order chi connectivity index (χ1) is 14.8. The molecule has 162 valence electrons.